The fourth-order valence-electron chi connectivity index (χ4n) is 2.17. The van der Waals surface area contributed by atoms with Gasteiger partial charge in [0.25, 0.3) is 5.56 Å². The highest BCUT2D eigenvalue weighted by molar-refractivity contribution is 7.71. The Balaban J connectivity index is 2.68. The molecule has 0 radical (unpaired) electrons. The standard InChI is InChI=1S/C12H13F3N2OS2/c1-5(4-12(13,14)15)17-10(18)8-6(2)7(3)20-9(8)16-11(17)19/h5H,4H2,1-3H3,(H,16,19). The lowest BCUT2D eigenvalue weighted by Gasteiger charge is -2.17. The molecule has 0 aliphatic heterocycles. The zero-order valence-corrected chi connectivity index (χ0v) is 12.7. The highest BCUT2D eigenvalue weighted by Gasteiger charge is 2.31. The summed E-state index contributed by atoms with van der Waals surface area (Å²) < 4.78 is 38.5. The van der Waals surface area contributed by atoms with Crippen LogP contribution in [0.25, 0.3) is 10.2 Å². The number of aryl methyl sites for hydroxylation is 2. The SMILES string of the molecule is Cc1sc2[nH]c(=S)n(C(C)CC(F)(F)F)c(=O)c2c1C. The van der Waals surface area contributed by atoms with Gasteiger partial charge in [-0.3, -0.25) is 9.36 Å². The zero-order valence-electron chi connectivity index (χ0n) is 11.1. The molecule has 2 heterocycles. The molecule has 3 nitrogen and oxygen atoms in total. The quantitative estimate of drug-likeness (QED) is 0.839. The highest BCUT2D eigenvalue weighted by Crippen LogP contribution is 2.29. The van der Waals surface area contributed by atoms with Gasteiger partial charge in [0.2, 0.25) is 0 Å². The first kappa shape index (κ1) is 15.2. The number of nitrogens with zero attached hydrogens (tertiary/aromatic N) is 1. The van der Waals surface area contributed by atoms with E-state index >= 15 is 0 Å². The minimum Gasteiger partial charge on any atom is -0.323 e. The first-order valence-corrected chi connectivity index (χ1v) is 7.15. The number of nitrogens with one attached hydrogen (secondary N) is 1. The van der Waals surface area contributed by atoms with Gasteiger partial charge in [0.05, 0.1) is 11.8 Å². The third-order valence-corrected chi connectivity index (χ3v) is 4.65. The summed E-state index contributed by atoms with van der Waals surface area (Å²) >= 11 is 6.41. The number of thiophene rings is 1. The average Bonchev–Trinajstić information content (AvgIpc) is 2.51. The molecule has 0 amide bonds. The van der Waals surface area contributed by atoms with Gasteiger partial charge in [0.15, 0.2) is 4.77 Å². The van der Waals surface area contributed by atoms with E-state index in [1.54, 1.807) is 6.92 Å². The molecule has 2 aromatic rings. The Morgan fingerprint density at radius 1 is 1.40 bits per heavy atom. The van der Waals surface area contributed by atoms with Crippen LogP contribution in [0.5, 0.6) is 0 Å². The van der Waals surface area contributed by atoms with Crippen molar-refractivity contribution in [3.63, 3.8) is 0 Å². The summed E-state index contributed by atoms with van der Waals surface area (Å²) in [5.41, 5.74) is 0.330. The van der Waals surface area contributed by atoms with Crippen LogP contribution in [-0.4, -0.2) is 15.7 Å². The number of hydrogen-bond acceptors (Lipinski definition) is 3. The average molecular weight is 322 g/mol. The second-order valence-electron chi connectivity index (χ2n) is 4.76. The molecule has 1 N–H and O–H groups in total. The smallest absolute Gasteiger partial charge is 0.323 e. The van der Waals surface area contributed by atoms with Gasteiger partial charge >= 0.3 is 6.18 Å². The van der Waals surface area contributed by atoms with Crippen molar-refractivity contribution >= 4 is 33.8 Å². The molecule has 0 aromatic carbocycles. The van der Waals surface area contributed by atoms with Crippen molar-refractivity contribution < 1.29 is 13.2 Å². The summed E-state index contributed by atoms with van der Waals surface area (Å²) in [5, 5.41) is 0.426. The summed E-state index contributed by atoms with van der Waals surface area (Å²) in [4.78, 5) is 16.8. The summed E-state index contributed by atoms with van der Waals surface area (Å²) in [7, 11) is 0. The Hall–Kier alpha value is -1.15. The van der Waals surface area contributed by atoms with Crippen molar-refractivity contribution in [3.8, 4) is 0 Å². The molecule has 1 unspecified atom stereocenters. The Labute approximate surface area is 122 Å². The number of alkyl halides is 3. The van der Waals surface area contributed by atoms with Crippen LogP contribution >= 0.6 is 23.6 Å². The molecule has 2 rings (SSSR count). The monoisotopic (exact) mass is 322 g/mol. The first-order chi connectivity index (χ1) is 9.11. The summed E-state index contributed by atoms with van der Waals surface area (Å²) in [6, 6.07) is -1.03. The van der Waals surface area contributed by atoms with Gasteiger partial charge in [-0.15, -0.1) is 11.3 Å². The van der Waals surface area contributed by atoms with Crippen molar-refractivity contribution in [3.05, 3.63) is 25.6 Å². The van der Waals surface area contributed by atoms with Crippen molar-refractivity contribution in [1.82, 2.24) is 9.55 Å². The molecule has 0 spiro atoms. The molecule has 1 atom stereocenters. The van der Waals surface area contributed by atoms with E-state index in [1.807, 2.05) is 6.92 Å². The Kier molecular flexibility index (Phi) is 3.81. The van der Waals surface area contributed by atoms with Crippen LogP contribution in [0.3, 0.4) is 0 Å². The van der Waals surface area contributed by atoms with Crippen LogP contribution in [0.15, 0.2) is 4.79 Å². The molecule has 110 valence electrons. The molecule has 20 heavy (non-hydrogen) atoms. The van der Waals surface area contributed by atoms with Crippen molar-refractivity contribution in [2.24, 2.45) is 0 Å². The maximum atomic E-state index is 12.5. The summed E-state index contributed by atoms with van der Waals surface area (Å²) in [5.74, 6) is 0. The first-order valence-electron chi connectivity index (χ1n) is 5.93. The Morgan fingerprint density at radius 2 is 2.00 bits per heavy atom. The lowest BCUT2D eigenvalue weighted by molar-refractivity contribution is -0.141. The number of hydrogen-bond donors (Lipinski definition) is 1. The van der Waals surface area contributed by atoms with E-state index in [0.29, 0.717) is 10.2 Å². The van der Waals surface area contributed by atoms with E-state index in [-0.39, 0.29) is 4.77 Å². The van der Waals surface area contributed by atoms with Crippen LogP contribution in [-0.2, 0) is 0 Å². The van der Waals surface area contributed by atoms with Gasteiger partial charge in [-0.1, -0.05) is 0 Å². The molecule has 2 aromatic heterocycles. The third kappa shape index (κ3) is 2.67. The second-order valence-corrected chi connectivity index (χ2v) is 6.37. The minimum atomic E-state index is -4.34. The van der Waals surface area contributed by atoms with Gasteiger partial charge in [0, 0.05) is 10.9 Å². The molecule has 0 bridgehead atoms. The van der Waals surface area contributed by atoms with Gasteiger partial charge in [-0.25, -0.2) is 0 Å². The fraction of sp³-hybridized carbons (Fsp3) is 0.500. The van der Waals surface area contributed by atoms with Crippen molar-refractivity contribution in [2.75, 3.05) is 0 Å². The van der Waals surface area contributed by atoms with E-state index in [2.05, 4.69) is 4.98 Å². The lowest BCUT2D eigenvalue weighted by Crippen LogP contribution is -2.28. The highest BCUT2D eigenvalue weighted by atomic mass is 32.1. The summed E-state index contributed by atoms with van der Waals surface area (Å²) in [6.45, 7) is 4.99. The topological polar surface area (TPSA) is 37.8 Å². The van der Waals surface area contributed by atoms with Crippen LogP contribution in [0.2, 0.25) is 0 Å². The maximum absolute atomic E-state index is 12.5. The van der Waals surface area contributed by atoms with Gasteiger partial charge in [-0.2, -0.15) is 13.2 Å². The maximum Gasteiger partial charge on any atom is 0.391 e. The number of halogens is 3. The molecule has 0 aliphatic rings. The molecule has 0 saturated carbocycles. The molecule has 8 heteroatoms. The number of rotatable bonds is 2. The van der Waals surface area contributed by atoms with E-state index in [1.165, 1.54) is 18.3 Å². The Morgan fingerprint density at radius 3 is 2.55 bits per heavy atom. The minimum absolute atomic E-state index is 0.0282. The lowest BCUT2D eigenvalue weighted by atomic mass is 10.2. The van der Waals surface area contributed by atoms with E-state index in [9.17, 15) is 18.0 Å². The number of aromatic nitrogens is 2. The zero-order chi connectivity index (χ0) is 15.2. The molecule has 0 fully saturated rings. The van der Waals surface area contributed by atoms with E-state index in [0.717, 1.165) is 15.0 Å². The number of fused-ring (bicyclic) bond motifs is 1. The predicted molar refractivity (Wildman–Crippen MR) is 76.1 cm³/mol. The fourth-order valence-corrected chi connectivity index (χ4v) is 3.65. The summed E-state index contributed by atoms with van der Waals surface area (Å²) in [6.07, 6.45) is -5.42. The van der Waals surface area contributed by atoms with Crippen LogP contribution in [0.1, 0.15) is 29.8 Å². The van der Waals surface area contributed by atoms with E-state index in [4.69, 9.17) is 12.2 Å². The Bertz CT molecular complexity index is 770. The molecule has 0 aliphatic carbocycles. The number of H-pyrrole nitrogens is 1. The van der Waals surface area contributed by atoms with E-state index < -0.39 is 24.2 Å². The number of aromatic amines is 1. The van der Waals surface area contributed by atoms with Crippen LogP contribution < -0.4 is 5.56 Å². The molecule has 0 saturated heterocycles. The van der Waals surface area contributed by atoms with Crippen LogP contribution in [0, 0.1) is 18.6 Å². The van der Waals surface area contributed by atoms with Gasteiger partial charge < -0.3 is 4.98 Å². The van der Waals surface area contributed by atoms with Gasteiger partial charge in [0.1, 0.15) is 4.83 Å². The second kappa shape index (κ2) is 5.00. The largest absolute Gasteiger partial charge is 0.391 e. The van der Waals surface area contributed by atoms with Gasteiger partial charge in [-0.05, 0) is 38.6 Å². The molecular weight excluding hydrogens is 309 g/mol. The van der Waals surface area contributed by atoms with Crippen LogP contribution in [0.4, 0.5) is 13.2 Å². The normalized spacial score (nSPS) is 13.9. The third-order valence-electron chi connectivity index (χ3n) is 3.22. The van der Waals surface area contributed by atoms with Crippen molar-refractivity contribution in [1.29, 1.82) is 0 Å². The molecular formula is C12H13F3N2OS2. The predicted octanol–water partition coefficient (Wildman–Crippen LogP) is 4.25. The van der Waals surface area contributed by atoms with Crippen molar-refractivity contribution in [2.45, 2.75) is 39.4 Å².